The standard InChI is InChI=1S/C16H16N2O3/c1-12(19)18(2)14-10-8-13(9-11-14)17-16(20)21-15-6-4-3-5-7-15/h3-11H,1-2H3,(H,17,20). The third kappa shape index (κ3) is 4.07. The Morgan fingerprint density at radius 3 is 2.19 bits per heavy atom. The number of hydrogen-bond acceptors (Lipinski definition) is 3. The lowest BCUT2D eigenvalue weighted by Gasteiger charge is -2.15. The van der Waals surface area contributed by atoms with Gasteiger partial charge in [0.1, 0.15) is 5.75 Å². The van der Waals surface area contributed by atoms with Crippen LogP contribution in [-0.2, 0) is 4.79 Å². The van der Waals surface area contributed by atoms with E-state index in [0.717, 1.165) is 5.69 Å². The molecular formula is C16H16N2O3. The van der Waals surface area contributed by atoms with Gasteiger partial charge in [0.15, 0.2) is 0 Å². The third-order valence-electron chi connectivity index (χ3n) is 2.93. The Kier molecular flexibility index (Phi) is 4.56. The fraction of sp³-hybridized carbons (Fsp3) is 0.125. The van der Waals surface area contributed by atoms with Crippen LogP contribution in [0.2, 0.25) is 0 Å². The number of rotatable bonds is 3. The van der Waals surface area contributed by atoms with Crippen LogP contribution in [0.1, 0.15) is 6.92 Å². The predicted molar refractivity (Wildman–Crippen MR) is 81.6 cm³/mol. The molecule has 1 N–H and O–H groups in total. The molecule has 5 heteroatoms. The van der Waals surface area contributed by atoms with E-state index < -0.39 is 6.09 Å². The van der Waals surface area contributed by atoms with Gasteiger partial charge < -0.3 is 9.64 Å². The first-order chi connectivity index (χ1) is 10.1. The lowest BCUT2D eigenvalue weighted by atomic mass is 10.2. The van der Waals surface area contributed by atoms with Gasteiger partial charge >= 0.3 is 6.09 Å². The zero-order valence-electron chi connectivity index (χ0n) is 11.9. The van der Waals surface area contributed by atoms with E-state index in [9.17, 15) is 9.59 Å². The molecule has 2 aromatic rings. The SMILES string of the molecule is CC(=O)N(C)c1ccc(NC(=O)Oc2ccccc2)cc1. The molecule has 0 aliphatic heterocycles. The minimum atomic E-state index is -0.561. The molecule has 0 aliphatic rings. The summed E-state index contributed by atoms with van der Waals surface area (Å²) < 4.78 is 5.12. The predicted octanol–water partition coefficient (Wildman–Crippen LogP) is 3.28. The molecular weight excluding hydrogens is 268 g/mol. The van der Waals surface area contributed by atoms with Gasteiger partial charge in [-0.1, -0.05) is 18.2 Å². The Balaban J connectivity index is 1.97. The largest absolute Gasteiger partial charge is 0.417 e. The highest BCUT2D eigenvalue weighted by Crippen LogP contribution is 2.17. The van der Waals surface area contributed by atoms with Gasteiger partial charge in [0, 0.05) is 25.3 Å². The van der Waals surface area contributed by atoms with Crippen molar-refractivity contribution in [2.75, 3.05) is 17.3 Å². The van der Waals surface area contributed by atoms with Gasteiger partial charge in [-0.05, 0) is 36.4 Å². The molecule has 0 unspecified atom stereocenters. The summed E-state index contributed by atoms with van der Waals surface area (Å²) in [5, 5.41) is 2.62. The first-order valence-electron chi connectivity index (χ1n) is 6.44. The van der Waals surface area contributed by atoms with Gasteiger partial charge in [-0.15, -0.1) is 0 Å². The second kappa shape index (κ2) is 6.56. The Bertz CT molecular complexity index is 624. The Morgan fingerprint density at radius 2 is 1.62 bits per heavy atom. The molecule has 0 aliphatic carbocycles. The molecule has 0 atom stereocenters. The van der Waals surface area contributed by atoms with Crippen molar-refractivity contribution in [2.24, 2.45) is 0 Å². The quantitative estimate of drug-likeness (QED) is 0.941. The zero-order chi connectivity index (χ0) is 15.2. The summed E-state index contributed by atoms with van der Waals surface area (Å²) in [5.74, 6) is 0.419. The van der Waals surface area contributed by atoms with Gasteiger partial charge in [-0.25, -0.2) is 4.79 Å². The average molecular weight is 284 g/mol. The van der Waals surface area contributed by atoms with Crippen molar-refractivity contribution < 1.29 is 14.3 Å². The van der Waals surface area contributed by atoms with Gasteiger partial charge in [-0.2, -0.15) is 0 Å². The second-order valence-corrected chi connectivity index (χ2v) is 4.45. The Labute approximate surface area is 123 Å². The number of hydrogen-bond donors (Lipinski definition) is 1. The topological polar surface area (TPSA) is 58.6 Å². The molecule has 0 aromatic heterocycles. The molecule has 0 heterocycles. The Morgan fingerprint density at radius 1 is 1.00 bits per heavy atom. The van der Waals surface area contributed by atoms with Crippen LogP contribution in [0.5, 0.6) is 5.75 Å². The van der Waals surface area contributed by atoms with Crippen LogP contribution in [0.3, 0.4) is 0 Å². The number of para-hydroxylation sites is 1. The number of benzene rings is 2. The maximum absolute atomic E-state index is 11.7. The second-order valence-electron chi connectivity index (χ2n) is 4.45. The number of amides is 2. The molecule has 0 bridgehead atoms. The van der Waals surface area contributed by atoms with Crippen molar-refractivity contribution in [1.29, 1.82) is 0 Å². The summed E-state index contributed by atoms with van der Waals surface area (Å²) in [6, 6.07) is 15.7. The first kappa shape index (κ1) is 14.6. The van der Waals surface area contributed by atoms with Crippen molar-refractivity contribution >= 4 is 23.4 Å². The molecule has 0 spiro atoms. The van der Waals surface area contributed by atoms with Gasteiger partial charge in [-0.3, -0.25) is 10.1 Å². The summed E-state index contributed by atoms with van der Waals surface area (Å²) in [6.45, 7) is 1.49. The molecule has 0 saturated carbocycles. The minimum absolute atomic E-state index is 0.0563. The highest BCUT2D eigenvalue weighted by atomic mass is 16.6. The maximum Gasteiger partial charge on any atom is 0.417 e. The smallest absolute Gasteiger partial charge is 0.410 e. The van der Waals surface area contributed by atoms with Crippen LogP contribution in [0.4, 0.5) is 16.2 Å². The van der Waals surface area contributed by atoms with Crippen LogP contribution in [0.25, 0.3) is 0 Å². The fourth-order valence-electron chi connectivity index (χ4n) is 1.69. The van der Waals surface area contributed by atoms with Gasteiger partial charge in [0.05, 0.1) is 0 Å². The molecule has 2 aromatic carbocycles. The highest BCUT2D eigenvalue weighted by Gasteiger charge is 2.07. The average Bonchev–Trinajstić information content (AvgIpc) is 2.48. The summed E-state index contributed by atoms with van der Waals surface area (Å²) >= 11 is 0. The number of ether oxygens (including phenoxy) is 1. The van der Waals surface area contributed by atoms with Crippen molar-refractivity contribution in [2.45, 2.75) is 6.92 Å². The zero-order valence-corrected chi connectivity index (χ0v) is 11.9. The summed E-state index contributed by atoms with van der Waals surface area (Å²) in [6.07, 6.45) is -0.561. The number of nitrogens with one attached hydrogen (secondary N) is 1. The van der Waals surface area contributed by atoms with Crippen molar-refractivity contribution in [1.82, 2.24) is 0 Å². The van der Waals surface area contributed by atoms with E-state index in [2.05, 4.69) is 5.32 Å². The van der Waals surface area contributed by atoms with Crippen molar-refractivity contribution in [3.05, 3.63) is 54.6 Å². The number of carbonyl (C=O) groups excluding carboxylic acids is 2. The molecule has 0 fully saturated rings. The van der Waals surface area contributed by atoms with Crippen LogP contribution in [-0.4, -0.2) is 19.0 Å². The lowest BCUT2D eigenvalue weighted by Crippen LogP contribution is -2.22. The number of carbonyl (C=O) groups is 2. The van der Waals surface area contributed by atoms with E-state index in [0.29, 0.717) is 11.4 Å². The number of nitrogens with zero attached hydrogens (tertiary/aromatic N) is 1. The van der Waals surface area contributed by atoms with E-state index >= 15 is 0 Å². The molecule has 108 valence electrons. The van der Waals surface area contributed by atoms with Gasteiger partial charge in [0.2, 0.25) is 5.91 Å². The monoisotopic (exact) mass is 284 g/mol. The van der Waals surface area contributed by atoms with Crippen LogP contribution in [0.15, 0.2) is 54.6 Å². The van der Waals surface area contributed by atoms with E-state index in [4.69, 9.17) is 4.74 Å². The number of anilines is 2. The van der Waals surface area contributed by atoms with E-state index in [1.54, 1.807) is 55.6 Å². The van der Waals surface area contributed by atoms with E-state index in [1.807, 2.05) is 6.07 Å². The summed E-state index contributed by atoms with van der Waals surface area (Å²) in [5.41, 5.74) is 1.35. The first-order valence-corrected chi connectivity index (χ1v) is 6.44. The van der Waals surface area contributed by atoms with Crippen molar-refractivity contribution in [3.8, 4) is 5.75 Å². The maximum atomic E-state index is 11.7. The van der Waals surface area contributed by atoms with Crippen LogP contribution < -0.4 is 15.0 Å². The summed E-state index contributed by atoms with van der Waals surface area (Å²) in [7, 11) is 1.69. The van der Waals surface area contributed by atoms with Crippen molar-refractivity contribution in [3.63, 3.8) is 0 Å². The molecule has 0 radical (unpaired) electrons. The lowest BCUT2D eigenvalue weighted by molar-refractivity contribution is -0.116. The minimum Gasteiger partial charge on any atom is -0.410 e. The van der Waals surface area contributed by atoms with E-state index in [1.165, 1.54) is 11.8 Å². The highest BCUT2D eigenvalue weighted by molar-refractivity contribution is 5.91. The normalized spacial score (nSPS) is 9.81. The summed E-state index contributed by atoms with van der Waals surface area (Å²) in [4.78, 5) is 24.5. The Hall–Kier alpha value is -2.82. The molecule has 2 amide bonds. The molecule has 2 rings (SSSR count). The van der Waals surface area contributed by atoms with Crippen LogP contribution in [0, 0.1) is 0 Å². The molecule has 0 saturated heterocycles. The molecule has 5 nitrogen and oxygen atoms in total. The van der Waals surface area contributed by atoms with Gasteiger partial charge in [0.25, 0.3) is 0 Å². The molecule has 21 heavy (non-hydrogen) atoms. The third-order valence-corrected chi connectivity index (χ3v) is 2.93. The van der Waals surface area contributed by atoms with Crippen LogP contribution >= 0.6 is 0 Å². The fourth-order valence-corrected chi connectivity index (χ4v) is 1.69. The van der Waals surface area contributed by atoms with E-state index in [-0.39, 0.29) is 5.91 Å².